The van der Waals surface area contributed by atoms with Gasteiger partial charge in [0.2, 0.25) is 5.91 Å². The van der Waals surface area contributed by atoms with Gasteiger partial charge >= 0.3 is 0 Å². The van der Waals surface area contributed by atoms with E-state index in [1.807, 2.05) is 37.4 Å². The normalized spacial score (nSPS) is 10.9. The number of aryl methyl sites for hydroxylation is 2. The molecule has 0 aliphatic rings. The largest absolute Gasteiger partial charge is 0.497 e. The lowest BCUT2D eigenvalue weighted by Gasteiger charge is -2.17. The average Bonchev–Trinajstić information content (AvgIpc) is 2.97. The van der Waals surface area contributed by atoms with Crippen molar-refractivity contribution in [3.05, 3.63) is 64.9 Å². The van der Waals surface area contributed by atoms with Gasteiger partial charge < -0.3 is 14.1 Å². The van der Waals surface area contributed by atoms with Crippen LogP contribution in [0.2, 0.25) is 0 Å². The minimum absolute atomic E-state index is 0.0590. The van der Waals surface area contributed by atoms with Crippen molar-refractivity contribution in [3.63, 3.8) is 0 Å². The molecule has 0 unspecified atom stereocenters. The molecule has 0 fully saturated rings. The van der Waals surface area contributed by atoms with Crippen molar-refractivity contribution in [2.24, 2.45) is 0 Å². The van der Waals surface area contributed by atoms with E-state index in [1.54, 1.807) is 18.3 Å². The predicted octanol–water partition coefficient (Wildman–Crippen LogP) is 4.26. The van der Waals surface area contributed by atoms with Gasteiger partial charge in [-0.05, 0) is 54.8 Å². The molecule has 0 atom stereocenters. The van der Waals surface area contributed by atoms with Gasteiger partial charge in [0.25, 0.3) is 0 Å². The molecule has 25 heavy (non-hydrogen) atoms. The molecule has 1 amide bonds. The SMILES string of the molecule is COc1cccc(CN(C)C(=O)Cc2coc3cc(C)c(C)cc23)c1. The molecule has 1 heterocycles. The van der Waals surface area contributed by atoms with Crippen LogP contribution in [0, 0.1) is 13.8 Å². The summed E-state index contributed by atoms with van der Waals surface area (Å²) in [5, 5.41) is 1.02. The number of carbonyl (C=O) groups is 1. The van der Waals surface area contributed by atoms with Gasteiger partial charge in [0.05, 0.1) is 19.8 Å². The molecule has 0 N–H and O–H groups in total. The Bertz CT molecular complexity index is 911. The van der Waals surface area contributed by atoms with Crippen LogP contribution in [0.3, 0.4) is 0 Å². The number of furan rings is 1. The summed E-state index contributed by atoms with van der Waals surface area (Å²) in [5.41, 5.74) is 5.20. The fourth-order valence-corrected chi connectivity index (χ4v) is 2.90. The highest BCUT2D eigenvalue weighted by molar-refractivity contribution is 5.88. The van der Waals surface area contributed by atoms with Crippen molar-refractivity contribution in [3.8, 4) is 5.75 Å². The van der Waals surface area contributed by atoms with Crippen LogP contribution in [-0.2, 0) is 17.8 Å². The van der Waals surface area contributed by atoms with Gasteiger partial charge in [-0.25, -0.2) is 0 Å². The Morgan fingerprint density at radius 3 is 2.68 bits per heavy atom. The number of hydrogen-bond donors (Lipinski definition) is 0. The van der Waals surface area contributed by atoms with E-state index in [4.69, 9.17) is 9.15 Å². The summed E-state index contributed by atoms with van der Waals surface area (Å²) in [6.07, 6.45) is 2.02. The van der Waals surface area contributed by atoms with E-state index in [9.17, 15) is 4.79 Å². The van der Waals surface area contributed by atoms with Crippen molar-refractivity contribution < 1.29 is 13.9 Å². The first-order valence-electron chi connectivity index (χ1n) is 8.32. The zero-order chi connectivity index (χ0) is 18.0. The topological polar surface area (TPSA) is 42.7 Å². The summed E-state index contributed by atoms with van der Waals surface area (Å²) in [7, 11) is 3.46. The van der Waals surface area contributed by atoms with Crippen molar-refractivity contribution in [2.45, 2.75) is 26.8 Å². The molecule has 4 nitrogen and oxygen atoms in total. The van der Waals surface area contributed by atoms with Crippen LogP contribution >= 0.6 is 0 Å². The molecule has 0 saturated carbocycles. The standard InChI is InChI=1S/C21H23NO3/c1-14-8-19-17(13-25-20(19)9-15(14)2)11-21(23)22(3)12-16-6-5-7-18(10-16)24-4/h5-10,13H,11-12H2,1-4H3. The Hall–Kier alpha value is -2.75. The number of hydrogen-bond acceptors (Lipinski definition) is 3. The summed E-state index contributed by atoms with van der Waals surface area (Å²) < 4.78 is 10.9. The highest BCUT2D eigenvalue weighted by atomic mass is 16.5. The molecule has 3 rings (SSSR count). The van der Waals surface area contributed by atoms with Crippen LogP contribution in [-0.4, -0.2) is 25.0 Å². The first kappa shape index (κ1) is 17.1. The van der Waals surface area contributed by atoms with Crippen LogP contribution in [0.4, 0.5) is 0 Å². The highest BCUT2D eigenvalue weighted by Crippen LogP contribution is 2.25. The monoisotopic (exact) mass is 337 g/mol. The molecule has 4 heteroatoms. The molecule has 2 aromatic carbocycles. The van der Waals surface area contributed by atoms with E-state index in [1.165, 1.54) is 11.1 Å². The second kappa shape index (κ2) is 7.01. The molecule has 0 radical (unpaired) electrons. The van der Waals surface area contributed by atoms with Crippen molar-refractivity contribution in [1.29, 1.82) is 0 Å². The first-order valence-corrected chi connectivity index (χ1v) is 8.32. The third kappa shape index (κ3) is 3.68. The zero-order valence-corrected chi connectivity index (χ0v) is 15.1. The third-order valence-corrected chi connectivity index (χ3v) is 4.59. The number of carbonyl (C=O) groups excluding carboxylic acids is 1. The highest BCUT2D eigenvalue weighted by Gasteiger charge is 2.15. The lowest BCUT2D eigenvalue weighted by molar-refractivity contribution is -0.129. The number of amides is 1. The summed E-state index contributed by atoms with van der Waals surface area (Å²) in [6.45, 7) is 4.68. The number of ether oxygens (including phenoxy) is 1. The maximum Gasteiger partial charge on any atom is 0.227 e. The van der Waals surface area contributed by atoms with Crippen molar-refractivity contribution >= 4 is 16.9 Å². The Morgan fingerprint density at radius 1 is 1.16 bits per heavy atom. The Morgan fingerprint density at radius 2 is 1.92 bits per heavy atom. The Kier molecular flexibility index (Phi) is 4.79. The molecular formula is C21H23NO3. The van der Waals surface area contributed by atoms with Gasteiger partial charge in [-0.3, -0.25) is 4.79 Å². The lowest BCUT2D eigenvalue weighted by atomic mass is 10.0. The van der Waals surface area contributed by atoms with E-state index < -0.39 is 0 Å². The third-order valence-electron chi connectivity index (χ3n) is 4.59. The van der Waals surface area contributed by atoms with Crippen LogP contribution in [0.5, 0.6) is 5.75 Å². The summed E-state index contributed by atoms with van der Waals surface area (Å²) in [5.74, 6) is 0.855. The fourth-order valence-electron chi connectivity index (χ4n) is 2.90. The maximum absolute atomic E-state index is 12.6. The number of methoxy groups -OCH3 is 1. The second-order valence-corrected chi connectivity index (χ2v) is 6.47. The van der Waals surface area contributed by atoms with E-state index in [-0.39, 0.29) is 5.91 Å². The number of nitrogens with zero attached hydrogens (tertiary/aromatic N) is 1. The van der Waals surface area contributed by atoms with Crippen molar-refractivity contribution in [1.82, 2.24) is 4.90 Å². The molecule has 0 aliphatic carbocycles. The second-order valence-electron chi connectivity index (χ2n) is 6.47. The summed E-state index contributed by atoms with van der Waals surface area (Å²) in [6, 6.07) is 11.9. The summed E-state index contributed by atoms with van der Waals surface area (Å²) in [4.78, 5) is 14.3. The van der Waals surface area contributed by atoms with E-state index in [0.29, 0.717) is 13.0 Å². The van der Waals surface area contributed by atoms with Gasteiger partial charge in [-0.15, -0.1) is 0 Å². The van der Waals surface area contributed by atoms with Gasteiger partial charge in [0.1, 0.15) is 11.3 Å². The van der Waals surface area contributed by atoms with Crippen LogP contribution in [0.15, 0.2) is 47.1 Å². The average molecular weight is 337 g/mol. The number of likely N-dealkylation sites (N-methyl/N-ethyl adjacent to an activating group) is 1. The molecule has 0 saturated heterocycles. The van der Waals surface area contributed by atoms with Gasteiger partial charge in [0.15, 0.2) is 0 Å². The van der Waals surface area contributed by atoms with Gasteiger partial charge in [0, 0.05) is 24.5 Å². The fraction of sp³-hybridized carbons (Fsp3) is 0.286. The summed E-state index contributed by atoms with van der Waals surface area (Å²) >= 11 is 0. The molecule has 3 aromatic rings. The van der Waals surface area contributed by atoms with Gasteiger partial charge in [-0.1, -0.05) is 12.1 Å². The molecule has 1 aromatic heterocycles. The van der Waals surface area contributed by atoms with E-state index >= 15 is 0 Å². The number of benzene rings is 2. The predicted molar refractivity (Wildman–Crippen MR) is 98.9 cm³/mol. The van der Waals surface area contributed by atoms with Crippen LogP contribution < -0.4 is 4.74 Å². The van der Waals surface area contributed by atoms with Gasteiger partial charge in [-0.2, -0.15) is 0 Å². The Balaban J connectivity index is 1.74. The van der Waals surface area contributed by atoms with E-state index in [2.05, 4.69) is 19.9 Å². The lowest BCUT2D eigenvalue weighted by Crippen LogP contribution is -2.27. The number of fused-ring (bicyclic) bond motifs is 1. The minimum Gasteiger partial charge on any atom is -0.497 e. The maximum atomic E-state index is 12.6. The van der Waals surface area contributed by atoms with E-state index in [0.717, 1.165) is 27.8 Å². The first-order chi connectivity index (χ1) is 12.0. The quantitative estimate of drug-likeness (QED) is 0.699. The molecule has 0 spiro atoms. The Labute approximate surface area is 148 Å². The van der Waals surface area contributed by atoms with Crippen LogP contribution in [0.1, 0.15) is 22.3 Å². The van der Waals surface area contributed by atoms with Crippen LogP contribution in [0.25, 0.3) is 11.0 Å². The molecular weight excluding hydrogens is 314 g/mol. The minimum atomic E-state index is 0.0590. The molecule has 130 valence electrons. The van der Waals surface area contributed by atoms with Crippen molar-refractivity contribution in [2.75, 3.05) is 14.2 Å². The zero-order valence-electron chi connectivity index (χ0n) is 15.1. The number of rotatable bonds is 5. The smallest absolute Gasteiger partial charge is 0.227 e. The molecule has 0 bridgehead atoms. The molecule has 0 aliphatic heterocycles.